The maximum absolute atomic E-state index is 13.4. The molecule has 3 N–H and O–H groups in total. The van der Waals surface area contributed by atoms with E-state index in [1.165, 1.54) is 13.0 Å². The van der Waals surface area contributed by atoms with Crippen molar-refractivity contribution in [2.45, 2.75) is 12.5 Å². The Labute approximate surface area is 85.3 Å². The lowest BCUT2D eigenvalue weighted by Gasteiger charge is -2.23. The molecule has 5 heteroatoms. The molecule has 1 unspecified atom stereocenters. The molecular formula is C9H10ClF2NO. The molecule has 0 aliphatic rings. The maximum Gasteiger partial charge on any atom is 0.149 e. The number of hydrogen-bond acceptors (Lipinski definition) is 2. The molecule has 0 fully saturated rings. The highest BCUT2D eigenvalue weighted by molar-refractivity contribution is 6.30. The average molecular weight is 222 g/mol. The highest BCUT2D eigenvalue weighted by Crippen LogP contribution is 2.27. The van der Waals surface area contributed by atoms with Crippen LogP contribution in [0.2, 0.25) is 5.02 Å². The van der Waals surface area contributed by atoms with E-state index >= 15 is 0 Å². The lowest BCUT2D eigenvalue weighted by atomic mass is 9.94. The summed E-state index contributed by atoms with van der Waals surface area (Å²) in [6.45, 7) is 0.978. The highest BCUT2D eigenvalue weighted by Gasteiger charge is 2.26. The van der Waals surface area contributed by atoms with Gasteiger partial charge in [-0.05, 0) is 13.0 Å². The highest BCUT2D eigenvalue weighted by atomic mass is 35.5. The molecule has 0 saturated carbocycles. The molecule has 0 radical (unpaired) electrons. The minimum Gasteiger partial charge on any atom is -0.394 e. The second-order valence-electron chi connectivity index (χ2n) is 3.30. The molecule has 0 bridgehead atoms. The van der Waals surface area contributed by atoms with Gasteiger partial charge in [0.15, 0.2) is 0 Å². The molecule has 0 saturated heterocycles. The molecule has 78 valence electrons. The van der Waals surface area contributed by atoms with Gasteiger partial charge in [0.1, 0.15) is 16.7 Å². The minimum absolute atomic E-state index is 0.00796. The molecule has 0 amide bonds. The van der Waals surface area contributed by atoms with E-state index in [1.807, 2.05) is 0 Å². The first-order valence-electron chi connectivity index (χ1n) is 3.94. The van der Waals surface area contributed by atoms with Gasteiger partial charge in [0.25, 0.3) is 0 Å². The predicted molar refractivity (Wildman–Crippen MR) is 50.0 cm³/mol. The van der Waals surface area contributed by atoms with Crippen LogP contribution in [0.15, 0.2) is 12.1 Å². The van der Waals surface area contributed by atoms with Gasteiger partial charge >= 0.3 is 0 Å². The van der Waals surface area contributed by atoms with Gasteiger partial charge in [-0.25, -0.2) is 8.78 Å². The van der Waals surface area contributed by atoms with E-state index < -0.39 is 28.8 Å². The van der Waals surface area contributed by atoms with Gasteiger partial charge < -0.3 is 10.8 Å². The Balaban J connectivity index is 3.31. The van der Waals surface area contributed by atoms with Crippen LogP contribution in [0.5, 0.6) is 0 Å². The third-order valence-corrected chi connectivity index (χ3v) is 2.33. The Hall–Kier alpha value is -0.710. The first kappa shape index (κ1) is 11.4. The molecule has 14 heavy (non-hydrogen) atoms. The topological polar surface area (TPSA) is 46.2 Å². The Kier molecular flexibility index (Phi) is 3.09. The van der Waals surface area contributed by atoms with Crippen molar-refractivity contribution < 1.29 is 13.9 Å². The van der Waals surface area contributed by atoms with Crippen molar-refractivity contribution in [2.75, 3.05) is 6.61 Å². The number of benzene rings is 1. The van der Waals surface area contributed by atoms with Crippen molar-refractivity contribution in [1.82, 2.24) is 0 Å². The summed E-state index contributed by atoms with van der Waals surface area (Å²) in [7, 11) is 0. The molecule has 0 spiro atoms. The van der Waals surface area contributed by atoms with Crippen LogP contribution in [0.4, 0.5) is 8.78 Å². The second-order valence-corrected chi connectivity index (χ2v) is 3.68. The molecule has 1 rings (SSSR count). The summed E-state index contributed by atoms with van der Waals surface area (Å²) in [4.78, 5) is 0. The summed E-state index contributed by atoms with van der Waals surface area (Å²) < 4.78 is 26.2. The zero-order valence-electron chi connectivity index (χ0n) is 7.52. The van der Waals surface area contributed by atoms with Crippen LogP contribution in [-0.4, -0.2) is 11.7 Å². The molecule has 2 nitrogen and oxygen atoms in total. The second kappa shape index (κ2) is 3.81. The van der Waals surface area contributed by atoms with E-state index in [1.54, 1.807) is 0 Å². The number of hydrogen-bond donors (Lipinski definition) is 2. The molecule has 0 aliphatic carbocycles. The minimum atomic E-state index is -1.26. The fourth-order valence-corrected chi connectivity index (χ4v) is 1.22. The summed E-state index contributed by atoms with van der Waals surface area (Å²) in [5, 5.41) is 8.30. The smallest absolute Gasteiger partial charge is 0.149 e. The van der Waals surface area contributed by atoms with Crippen molar-refractivity contribution in [1.29, 1.82) is 0 Å². The van der Waals surface area contributed by atoms with Crippen LogP contribution >= 0.6 is 11.6 Å². The van der Waals surface area contributed by atoms with Crippen molar-refractivity contribution >= 4 is 11.6 Å². The monoisotopic (exact) mass is 221 g/mol. The van der Waals surface area contributed by atoms with E-state index in [4.69, 9.17) is 22.4 Å². The normalized spacial score (nSPS) is 15.3. The van der Waals surface area contributed by atoms with Crippen LogP contribution in [0.3, 0.4) is 0 Å². The number of rotatable bonds is 2. The molecular weight excluding hydrogens is 212 g/mol. The van der Waals surface area contributed by atoms with E-state index in [0.29, 0.717) is 0 Å². The van der Waals surface area contributed by atoms with E-state index in [0.717, 1.165) is 6.07 Å². The van der Waals surface area contributed by atoms with Gasteiger partial charge in [0, 0.05) is 5.56 Å². The zero-order chi connectivity index (χ0) is 10.9. The molecule has 1 atom stereocenters. The van der Waals surface area contributed by atoms with Crippen LogP contribution < -0.4 is 5.73 Å². The predicted octanol–water partition coefficient (Wildman–Crippen LogP) is 1.78. The van der Waals surface area contributed by atoms with Crippen LogP contribution in [0.1, 0.15) is 12.5 Å². The summed E-state index contributed by atoms with van der Waals surface area (Å²) >= 11 is 5.36. The Morgan fingerprint density at radius 2 is 2.07 bits per heavy atom. The third-order valence-electron chi connectivity index (χ3n) is 1.98. The van der Waals surface area contributed by atoms with E-state index in [9.17, 15) is 8.78 Å². The lowest BCUT2D eigenvalue weighted by Crippen LogP contribution is -2.38. The van der Waals surface area contributed by atoms with Crippen molar-refractivity contribution in [3.8, 4) is 0 Å². The van der Waals surface area contributed by atoms with Crippen molar-refractivity contribution in [3.63, 3.8) is 0 Å². The molecule has 0 aliphatic heterocycles. The van der Waals surface area contributed by atoms with E-state index in [2.05, 4.69) is 0 Å². The molecule has 1 aromatic rings. The fraction of sp³-hybridized carbons (Fsp3) is 0.333. The van der Waals surface area contributed by atoms with Crippen molar-refractivity contribution in [3.05, 3.63) is 34.4 Å². The first-order chi connectivity index (χ1) is 6.40. The number of aliphatic hydroxyl groups excluding tert-OH is 1. The number of aliphatic hydroxyl groups is 1. The standard InChI is InChI=1S/C9H10ClF2NO/c1-9(13,4-14)5-2-3-6(11)7(10)8(5)12/h2-3,14H,4,13H2,1H3. The first-order valence-corrected chi connectivity index (χ1v) is 4.31. The third kappa shape index (κ3) is 1.87. The summed E-state index contributed by atoms with van der Waals surface area (Å²) in [6, 6.07) is 2.19. The van der Waals surface area contributed by atoms with Crippen LogP contribution in [-0.2, 0) is 5.54 Å². The van der Waals surface area contributed by atoms with Gasteiger partial charge in [0.05, 0.1) is 12.1 Å². The summed E-state index contributed by atoms with van der Waals surface area (Å²) in [5.74, 6) is -1.77. The van der Waals surface area contributed by atoms with Gasteiger partial charge in [-0.1, -0.05) is 17.7 Å². The average Bonchev–Trinajstić information content (AvgIpc) is 2.14. The van der Waals surface area contributed by atoms with Gasteiger partial charge in [-0.3, -0.25) is 0 Å². The molecule has 0 aromatic heterocycles. The fourth-order valence-electron chi connectivity index (χ4n) is 1.05. The zero-order valence-corrected chi connectivity index (χ0v) is 8.28. The number of nitrogens with two attached hydrogens (primary N) is 1. The quantitative estimate of drug-likeness (QED) is 0.748. The summed E-state index contributed by atoms with van der Waals surface area (Å²) in [5.41, 5.74) is 4.32. The van der Waals surface area contributed by atoms with Gasteiger partial charge in [-0.15, -0.1) is 0 Å². The van der Waals surface area contributed by atoms with Crippen LogP contribution in [0, 0.1) is 11.6 Å². The van der Waals surface area contributed by atoms with Gasteiger partial charge in [-0.2, -0.15) is 0 Å². The van der Waals surface area contributed by atoms with Crippen LogP contribution in [0.25, 0.3) is 0 Å². The Bertz CT molecular complexity index is 355. The number of halogens is 3. The lowest BCUT2D eigenvalue weighted by molar-refractivity contribution is 0.206. The molecule has 0 heterocycles. The SMILES string of the molecule is CC(N)(CO)c1ccc(F)c(Cl)c1F. The van der Waals surface area contributed by atoms with E-state index in [-0.39, 0.29) is 5.56 Å². The van der Waals surface area contributed by atoms with Gasteiger partial charge in [0.2, 0.25) is 0 Å². The maximum atomic E-state index is 13.4. The Morgan fingerprint density at radius 3 is 2.57 bits per heavy atom. The summed E-state index contributed by atoms with van der Waals surface area (Å²) in [6.07, 6.45) is 0. The van der Waals surface area contributed by atoms with Crippen molar-refractivity contribution in [2.24, 2.45) is 5.73 Å². The molecule has 1 aromatic carbocycles. The Morgan fingerprint density at radius 1 is 1.50 bits per heavy atom. The largest absolute Gasteiger partial charge is 0.394 e.